The van der Waals surface area contributed by atoms with Gasteiger partial charge in [-0.3, -0.25) is 5.32 Å². The van der Waals surface area contributed by atoms with E-state index >= 15 is 0 Å². The van der Waals surface area contributed by atoms with Gasteiger partial charge in [0.1, 0.15) is 6.23 Å². The number of aliphatic hydroxyl groups is 1. The monoisotopic (exact) mass is 488 g/mol. The van der Waals surface area contributed by atoms with Crippen LogP contribution in [0.5, 0.6) is 0 Å². The van der Waals surface area contributed by atoms with Gasteiger partial charge in [0, 0.05) is 0 Å². The van der Waals surface area contributed by atoms with Crippen LogP contribution in [-0.4, -0.2) is 31.0 Å². The Morgan fingerprint density at radius 2 is 1.69 bits per heavy atom. The summed E-state index contributed by atoms with van der Waals surface area (Å²) in [7, 11) is 0. The van der Waals surface area contributed by atoms with Crippen molar-refractivity contribution in [2.45, 2.75) is 130 Å². The Morgan fingerprint density at radius 3 is 2.46 bits per heavy atom. The molecule has 7 unspecified atom stereocenters. The Bertz CT molecular complexity index is 572. The SMILES string of the molecule is CCC(CNCCC(CC(O)NCCC1CC=CCCC1)C1CCC(C)C(C)C1)C1CCCCC1. The summed E-state index contributed by atoms with van der Waals surface area (Å²) >= 11 is 0. The zero-order valence-electron chi connectivity index (χ0n) is 23.7. The average Bonchev–Trinajstić information content (AvgIpc) is 3.14. The van der Waals surface area contributed by atoms with Crippen molar-refractivity contribution in [1.29, 1.82) is 0 Å². The number of allylic oxidation sites excluding steroid dienone is 2. The molecule has 2 saturated carbocycles. The van der Waals surface area contributed by atoms with Crippen LogP contribution in [0.1, 0.15) is 124 Å². The molecule has 0 aromatic heterocycles. The van der Waals surface area contributed by atoms with Crippen LogP contribution < -0.4 is 10.6 Å². The Balaban J connectivity index is 1.43. The molecule has 0 radical (unpaired) electrons. The Kier molecular flexibility index (Phi) is 13.7. The van der Waals surface area contributed by atoms with E-state index in [1.54, 1.807) is 0 Å². The van der Waals surface area contributed by atoms with E-state index in [1.165, 1.54) is 103 Å². The van der Waals surface area contributed by atoms with Gasteiger partial charge in [-0.05, 0) is 119 Å². The number of rotatable bonds is 14. The summed E-state index contributed by atoms with van der Waals surface area (Å²) in [5, 5.41) is 18.4. The van der Waals surface area contributed by atoms with Gasteiger partial charge in [-0.15, -0.1) is 0 Å². The Labute approximate surface area is 218 Å². The number of aliphatic hydroxyl groups excluding tert-OH is 1. The summed E-state index contributed by atoms with van der Waals surface area (Å²) in [4.78, 5) is 0. The summed E-state index contributed by atoms with van der Waals surface area (Å²) in [5.41, 5.74) is 0. The van der Waals surface area contributed by atoms with Gasteiger partial charge in [0.2, 0.25) is 0 Å². The zero-order valence-corrected chi connectivity index (χ0v) is 23.7. The summed E-state index contributed by atoms with van der Waals surface area (Å²) < 4.78 is 0. The first-order valence-electron chi connectivity index (χ1n) is 15.8. The molecule has 7 atom stereocenters. The van der Waals surface area contributed by atoms with E-state index in [2.05, 4.69) is 43.6 Å². The molecule has 0 spiro atoms. The van der Waals surface area contributed by atoms with Crippen LogP contribution in [0, 0.1) is 41.4 Å². The van der Waals surface area contributed by atoms with Crippen molar-refractivity contribution in [1.82, 2.24) is 10.6 Å². The second-order valence-corrected chi connectivity index (χ2v) is 12.8. The third-order valence-electron chi connectivity index (χ3n) is 10.3. The maximum absolute atomic E-state index is 11.0. The molecule has 3 aliphatic carbocycles. The first kappa shape index (κ1) is 29.2. The molecule has 3 heteroatoms. The first-order chi connectivity index (χ1) is 17.1. The molecule has 3 nitrogen and oxygen atoms in total. The maximum atomic E-state index is 11.0. The van der Waals surface area contributed by atoms with E-state index in [9.17, 15) is 5.11 Å². The van der Waals surface area contributed by atoms with E-state index in [0.29, 0.717) is 5.92 Å². The van der Waals surface area contributed by atoms with Crippen LogP contribution in [0.2, 0.25) is 0 Å². The third-order valence-corrected chi connectivity index (χ3v) is 10.3. The molecular formula is C32H60N2O. The molecule has 2 fully saturated rings. The molecule has 0 amide bonds. The molecule has 35 heavy (non-hydrogen) atoms. The lowest BCUT2D eigenvalue weighted by atomic mass is 9.69. The van der Waals surface area contributed by atoms with E-state index in [0.717, 1.165) is 55.0 Å². The minimum absolute atomic E-state index is 0.346. The Morgan fingerprint density at radius 1 is 0.857 bits per heavy atom. The smallest absolute Gasteiger partial charge is 0.105 e. The lowest BCUT2D eigenvalue weighted by molar-refractivity contribution is 0.0672. The van der Waals surface area contributed by atoms with Gasteiger partial charge in [0.05, 0.1) is 0 Å². The molecule has 0 heterocycles. The first-order valence-corrected chi connectivity index (χ1v) is 15.8. The molecule has 3 N–H and O–H groups in total. The molecule has 0 aliphatic heterocycles. The fourth-order valence-corrected chi connectivity index (χ4v) is 7.52. The van der Waals surface area contributed by atoms with Gasteiger partial charge in [0.15, 0.2) is 0 Å². The lowest BCUT2D eigenvalue weighted by Gasteiger charge is -2.38. The highest BCUT2D eigenvalue weighted by molar-refractivity contribution is 4.88. The van der Waals surface area contributed by atoms with E-state index in [1.807, 2.05) is 0 Å². The standard InChI is InChI=1S/C32H60N2O/c1-4-28(29-14-10-7-11-15-29)24-33-20-19-31(30-17-16-25(2)26(3)22-30)23-32(35)34-21-18-27-12-8-5-6-9-13-27/h5,8,25-35H,4,6-7,9-24H2,1-3H3. The molecule has 0 bridgehead atoms. The van der Waals surface area contributed by atoms with E-state index in [-0.39, 0.29) is 6.23 Å². The fraction of sp³-hybridized carbons (Fsp3) is 0.938. The van der Waals surface area contributed by atoms with Crippen LogP contribution in [0.3, 0.4) is 0 Å². The van der Waals surface area contributed by atoms with Crippen LogP contribution in [0.4, 0.5) is 0 Å². The molecule has 204 valence electrons. The molecule has 0 aromatic rings. The van der Waals surface area contributed by atoms with Crippen molar-refractivity contribution in [2.75, 3.05) is 19.6 Å². The van der Waals surface area contributed by atoms with Gasteiger partial charge in [-0.1, -0.05) is 77.9 Å². The van der Waals surface area contributed by atoms with E-state index in [4.69, 9.17) is 0 Å². The van der Waals surface area contributed by atoms with Crippen molar-refractivity contribution >= 4 is 0 Å². The quantitative estimate of drug-likeness (QED) is 0.133. The van der Waals surface area contributed by atoms with Crippen molar-refractivity contribution in [3.8, 4) is 0 Å². The molecule has 0 saturated heterocycles. The predicted octanol–water partition coefficient (Wildman–Crippen LogP) is 7.70. The summed E-state index contributed by atoms with van der Waals surface area (Å²) in [5.74, 6) is 5.71. The highest BCUT2D eigenvalue weighted by Gasteiger charge is 2.31. The van der Waals surface area contributed by atoms with E-state index < -0.39 is 0 Å². The minimum Gasteiger partial charge on any atom is -0.379 e. The molecule has 3 rings (SSSR count). The number of nitrogens with one attached hydrogen (secondary N) is 2. The van der Waals surface area contributed by atoms with Crippen molar-refractivity contribution in [3.63, 3.8) is 0 Å². The average molecular weight is 489 g/mol. The number of hydrogen-bond acceptors (Lipinski definition) is 3. The summed E-state index contributed by atoms with van der Waals surface area (Å²) in [6.07, 6.45) is 25.5. The fourth-order valence-electron chi connectivity index (χ4n) is 7.52. The van der Waals surface area contributed by atoms with Gasteiger partial charge >= 0.3 is 0 Å². The zero-order chi connectivity index (χ0) is 24.9. The van der Waals surface area contributed by atoms with Crippen molar-refractivity contribution in [2.24, 2.45) is 41.4 Å². The van der Waals surface area contributed by atoms with Crippen LogP contribution in [-0.2, 0) is 0 Å². The highest BCUT2D eigenvalue weighted by Crippen LogP contribution is 2.39. The van der Waals surface area contributed by atoms with Crippen molar-refractivity contribution < 1.29 is 5.11 Å². The van der Waals surface area contributed by atoms with Gasteiger partial charge in [0.25, 0.3) is 0 Å². The van der Waals surface area contributed by atoms with Gasteiger partial charge < -0.3 is 10.4 Å². The van der Waals surface area contributed by atoms with Crippen LogP contribution in [0.25, 0.3) is 0 Å². The summed E-state index contributed by atoms with van der Waals surface area (Å²) in [6.45, 7) is 10.6. The number of hydrogen-bond donors (Lipinski definition) is 3. The van der Waals surface area contributed by atoms with Crippen molar-refractivity contribution in [3.05, 3.63) is 12.2 Å². The second kappa shape index (κ2) is 16.5. The molecule has 3 aliphatic rings. The lowest BCUT2D eigenvalue weighted by Crippen LogP contribution is -2.37. The van der Waals surface area contributed by atoms with Crippen LogP contribution >= 0.6 is 0 Å². The maximum Gasteiger partial charge on any atom is 0.105 e. The molecular weight excluding hydrogens is 428 g/mol. The van der Waals surface area contributed by atoms with Crippen LogP contribution in [0.15, 0.2) is 12.2 Å². The highest BCUT2D eigenvalue weighted by atomic mass is 16.3. The normalized spacial score (nSPS) is 31.1. The predicted molar refractivity (Wildman–Crippen MR) is 151 cm³/mol. The largest absolute Gasteiger partial charge is 0.379 e. The Hall–Kier alpha value is -0.380. The third kappa shape index (κ3) is 10.5. The summed E-state index contributed by atoms with van der Waals surface area (Å²) in [6, 6.07) is 0. The molecule has 0 aromatic carbocycles. The minimum atomic E-state index is -0.346. The second-order valence-electron chi connectivity index (χ2n) is 12.8. The van der Waals surface area contributed by atoms with Gasteiger partial charge in [-0.2, -0.15) is 0 Å². The topological polar surface area (TPSA) is 44.3 Å². The van der Waals surface area contributed by atoms with Gasteiger partial charge in [-0.25, -0.2) is 0 Å².